The molecular formula is C29H35N3O2S. The van der Waals surface area contributed by atoms with Gasteiger partial charge in [0, 0.05) is 17.7 Å². The van der Waals surface area contributed by atoms with Crippen LogP contribution in [0.4, 0.5) is 0 Å². The van der Waals surface area contributed by atoms with Gasteiger partial charge in [0.15, 0.2) is 12.4 Å². The van der Waals surface area contributed by atoms with Gasteiger partial charge < -0.3 is 14.1 Å². The van der Waals surface area contributed by atoms with Gasteiger partial charge >= 0.3 is 0 Å². The average molecular weight is 490 g/mol. The Balaban J connectivity index is 1.24. The molecule has 3 saturated heterocycles. The van der Waals surface area contributed by atoms with E-state index < -0.39 is 5.60 Å². The van der Waals surface area contributed by atoms with Crippen molar-refractivity contribution in [3.05, 3.63) is 77.9 Å². The van der Waals surface area contributed by atoms with Crippen LogP contribution in [0.5, 0.6) is 0 Å². The van der Waals surface area contributed by atoms with Gasteiger partial charge in [-0.2, -0.15) is 4.98 Å². The fourth-order valence-corrected chi connectivity index (χ4v) is 8.27. The van der Waals surface area contributed by atoms with Gasteiger partial charge in [0.2, 0.25) is 0 Å². The summed E-state index contributed by atoms with van der Waals surface area (Å²) in [4.78, 5) is 6.19. The Morgan fingerprint density at radius 2 is 1.60 bits per heavy atom. The Kier molecular flexibility index (Phi) is 6.46. The van der Waals surface area contributed by atoms with Crippen molar-refractivity contribution in [3.8, 4) is 0 Å². The summed E-state index contributed by atoms with van der Waals surface area (Å²) in [6.07, 6.45) is 7.79. The second kappa shape index (κ2) is 9.72. The molecule has 2 aromatic carbocycles. The second-order valence-corrected chi connectivity index (χ2v) is 12.2. The maximum atomic E-state index is 14.6. The first kappa shape index (κ1) is 23.3. The number of rotatable bonds is 7. The third-order valence-corrected chi connectivity index (χ3v) is 10.1. The highest BCUT2D eigenvalue weighted by Gasteiger charge is 2.47. The molecule has 3 aliphatic heterocycles. The Morgan fingerprint density at radius 3 is 2.31 bits per heavy atom. The topological polar surface area (TPSA) is 62.0 Å². The van der Waals surface area contributed by atoms with Gasteiger partial charge in [-0.05, 0) is 29.6 Å². The lowest BCUT2D eigenvalue weighted by Gasteiger charge is -2.51. The predicted molar refractivity (Wildman–Crippen MR) is 135 cm³/mol. The molecule has 0 N–H and O–H groups in total. The Hall–Kier alpha value is -2.15. The molecule has 1 aliphatic carbocycles. The summed E-state index contributed by atoms with van der Waals surface area (Å²) < 4.78 is 6.84. The van der Waals surface area contributed by atoms with Crippen LogP contribution in [0.1, 0.15) is 62.2 Å². The van der Waals surface area contributed by atoms with Crippen LogP contribution in [0.25, 0.3) is 0 Å². The van der Waals surface area contributed by atoms with E-state index in [-0.39, 0.29) is 5.92 Å². The zero-order valence-corrected chi connectivity index (χ0v) is 21.2. The number of benzene rings is 2. The van der Waals surface area contributed by atoms with E-state index in [1.807, 2.05) is 42.1 Å². The summed E-state index contributed by atoms with van der Waals surface area (Å²) in [5, 5.41) is 19.6. The number of fused-ring (bicyclic) bond motifs is 3. The summed E-state index contributed by atoms with van der Waals surface area (Å²) in [6.45, 7) is 4.20. The summed E-state index contributed by atoms with van der Waals surface area (Å²) in [7, 11) is 0. The number of nitrogens with zero attached hydrogens (tertiary/aromatic N) is 3. The average Bonchev–Trinajstić information content (AvgIpc) is 3.39. The van der Waals surface area contributed by atoms with Crippen molar-refractivity contribution in [2.75, 3.05) is 19.6 Å². The van der Waals surface area contributed by atoms with Gasteiger partial charge in [-0.15, -0.1) is 11.8 Å². The van der Waals surface area contributed by atoms with Gasteiger partial charge in [0.25, 0.3) is 5.89 Å². The lowest BCUT2D eigenvalue weighted by atomic mass is 9.73. The van der Waals surface area contributed by atoms with E-state index in [0.29, 0.717) is 17.0 Å². The van der Waals surface area contributed by atoms with Gasteiger partial charge in [-0.25, -0.2) is 0 Å². The Morgan fingerprint density at radius 1 is 0.914 bits per heavy atom. The lowest BCUT2D eigenvalue weighted by molar-refractivity contribution is -0.955. The molecule has 2 atom stereocenters. The Bertz CT molecular complexity index is 1110. The molecule has 0 spiro atoms. The number of aromatic nitrogens is 2. The molecule has 2 bridgehead atoms. The molecule has 7 rings (SSSR count). The van der Waals surface area contributed by atoms with Crippen LogP contribution in [0, 0.1) is 11.8 Å². The van der Waals surface area contributed by atoms with E-state index in [1.165, 1.54) is 24.2 Å². The Labute approximate surface area is 212 Å². The monoisotopic (exact) mass is 489 g/mol. The normalized spacial score (nSPS) is 28.6. The standard InChI is InChI=1S/C29H35N3O2S/c33-29(23-10-4-1-5-11-23,24-12-6-2-7-13-24)28-30-27(34-31-28)21-32-18-16-22(17-19-32)26(20-32)35-25-14-8-3-9-15-25/h1,3-5,8-11,14-15,22,24,26H,2,6-7,12-13,16-21H2/t22?,26-,29?,32?/m0/s1. The molecule has 6 heteroatoms. The zero-order valence-electron chi connectivity index (χ0n) is 20.4. The second-order valence-electron chi connectivity index (χ2n) is 10.9. The smallest absolute Gasteiger partial charge is 0.281 e. The molecule has 4 heterocycles. The highest BCUT2D eigenvalue weighted by Crippen LogP contribution is 2.44. The zero-order chi connectivity index (χ0) is 23.7. The predicted octanol–water partition coefficient (Wildman–Crippen LogP) is 5.16. The molecule has 1 unspecified atom stereocenters. The van der Waals surface area contributed by atoms with Crippen LogP contribution in [0.2, 0.25) is 0 Å². The molecule has 35 heavy (non-hydrogen) atoms. The number of hydrogen-bond donors (Lipinski definition) is 0. The van der Waals surface area contributed by atoms with Crippen molar-refractivity contribution < 1.29 is 14.1 Å². The van der Waals surface area contributed by atoms with Crippen LogP contribution >= 0.6 is 11.8 Å². The van der Waals surface area contributed by atoms with Crippen molar-refractivity contribution in [3.63, 3.8) is 0 Å². The number of thioether (sulfide) groups is 1. The minimum absolute atomic E-state index is 0.00789. The number of piperidine rings is 3. The van der Waals surface area contributed by atoms with E-state index in [2.05, 4.69) is 35.5 Å². The maximum absolute atomic E-state index is 14.6. The first-order chi connectivity index (χ1) is 17.1. The lowest BCUT2D eigenvalue weighted by Crippen LogP contribution is -2.62. The molecule has 4 fully saturated rings. The molecule has 1 saturated carbocycles. The van der Waals surface area contributed by atoms with Crippen LogP contribution in [-0.4, -0.2) is 39.5 Å². The number of hydrogen-bond acceptors (Lipinski definition) is 5. The van der Waals surface area contributed by atoms with E-state index in [1.54, 1.807) is 0 Å². The molecule has 1 aromatic heterocycles. The molecular weight excluding hydrogens is 454 g/mol. The minimum atomic E-state index is -1.44. The highest BCUT2D eigenvalue weighted by atomic mass is 32.2. The molecule has 0 amide bonds. The number of quaternary nitrogens is 1. The first-order valence-electron chi connectivity index (χ1n) is 13.3. The third kappa shape index (κ3) is 4.56. The van der Waals surface area contributed by atoms with E-state index in [9.17, 15) is 5.11 Å². The van der Waals surface area contributed by atoms with Crippen LogP contribution < -0.4 is 5.11 Å². The van der Waals surface area contributed by atoms with Gasteiger partial charge in [0.05, 0.1) is 24.9 Å². The summed E-state index contributed by atoms with van der Waals surface area (Å²) in [6, 6.07) is 20.5. The van der Waals surface area contributed by atoms with Gasteiger partial charge in [-0.3, -0.25) is 0 Å². The van der Waals surface area contributed by atoms with Crippen molar-refractivity contribution >= 4 is 11.8 Å². The first-order valence-corrected chi connectivity index (χ1v) is 14.2. The van der Waals surface area contributed by atoms with Crippen molar-refractivity contribution in [1.82, 2.24) is 10.1 Å². The fraction of sp³-hybridized carbons (Fsp3) is 0.517. The van der Waals surface area contributed by atoms with Crippen molar-refractivity contribution in [1.29, 1.82) is 0 Å². The van der Waals surface area contributed by atoms with E-state index >= 15 is 0 Å². The quantitative estimate of drug-likeness (QED) is 0.429. The van der Waals surface area contributed by atoms with Gasteiger partial charge in [0.1, 0.15) is 0 Å². The molecule has 3 aromatic rings. The van der Waals surface area contributed by atoms with Crippen molar-refractivity contribution in [2.45, 2.75) is 67.2 Å². The van der Waals surface area contributed by atoms with Crippen LogP contribution in [0.15, 0.2) is 70.1 Å². The minimum Gasteiger partial charge on any atom is -0.840 e. The maximum Gasteiger partial charge on any atom is 0.281 e. The summed E-state index contributed by atoms with van der Waals surface area (Å²) in [5.41, 5.74) is -0.672. The van der Waals surface area contributed by atoms with Crippen LogP contribution in [-0.2, 0) is 12.1 Å². The van der Waals surface area contributed by atoms with E-state index in [4.69, 9.17) is 9.51 Å². The van der Waals surface area contributed by atoms with Crippen molar-refractivity contribution in [2.24, 2.45) is 11.8 Å². The third-order valence-electron chi connectivity index (χ3n) is 8.73. The fourth-order valence-electron chi connectivity index (χ4n) is 6.75. The molecule has 5 nitrogen and oxygen atoms in total. The van der Waals surface area contributed by atoms with Crippen LogP contribution in [0.3, 0.4) is 0 Å². The van der Waals surface area contributed by atoms with Gasteiger partial charge in [-0.1, -0.05) is 91.4 Å². The highest BCUT2D eigenvalue weighted by molar-refractivity contribution is 8.00. The summed E-state index contributed by atoms with van der Waals surface area (Å²) >= 11 is 2.03. The SMILES string of the molecule is [O-]C(c1ccccc1)(c1noc(C[N+]23CCC(CC2)[C@@H](Sc2ccccc2)C3)n1)C1CCCCC1. The summed E-state index contributed by atoms with van der Waals surface area (Å²) in [5.74, 6) is 1.77. The molecule has 184 valence electrons. The largest absolute Gasteiger partial charge is 0.840 e. The molecule has 0 radical (unpaired) electrons. The molecule has 4 aliphatic rings. The van der Waals surface area contributed by atoms with E-state index in [0.717, 1.165) is 67.8 Å².